The van der Waals surface area contributed by atoms with Crippen LogP contribution in [0.2, 0.25) is 0 Å². The van der Waals surface area contributed by atoms with Crippen LogP contribution in [-0.2, 0) is 10.0 Å². The number of hydrogen-bond acceptors (Lipinski definition) is 3. The molecule has 2 amide bonds. The molecule has 0 saturated carbocycles. The van der Waals surface area contributed by atoms with E-state index in [0.717, 1.165) is 10.0 Å². The van der Waals surface area contributed by atoms with Gasteiger partial charge >= 0.3 is 6.03 Å². The number of carbonyl (C=O) groups is 1. The molecule has 2 rings (SSSR count). The SMILES string of the molecule is CS(=O)(=O)N1CCN(C(=O)N/C=C/c2ccc(Br)cc2)CC1. The highest BCUT2D eigenvalue weighted by atomic mass is 79.9. The van der Waals surface area contributed by atoms with Crippen LogP contribution in [0.1, 0.15) is 5.56 Å². The maximum atomic E-state index is 12.0. The Kier molecular flexibility index (Phi) is 5.60. The van der Waals surface area contributed by atoms with Gasteiger partial charge in [-0.25, -0.2) is 13.2 Å². The second-order valence-corrected chi connectivity index (χ2v) is 7.88. The van der Waals surface area contributed by atoms with Gasteiger partial charge in [0.05, 0.1) is 6.26 Å². The third kappa shape index (κ3) is 4.82. The Morgan fingerprint density at radius 3 is 2.32 bits per heavy atom. The predicted molar refractivity (Wildman–Crippen MR) is 89.7 cm³/mol. The van der Waals surface area contributed by atoms with Crippen LogP contribution in [0.5, 0.6) is 0 Å². The first-order chi connectivity index (χ1) is 10.4. The van der Waals surface area contributed by atoms with E-state index in [-0.39, 0.29) is 6.03 Å². The minimum atomic E-state index is -3.17. The van der Waals surface area contributed by atoms with Crippen LogP contribution in [0.4, 0.5) is 4.79 Å². The first-order valence-corrected chi connectivity index (χ1v) is 9.43. The van der Waals surface area contributed by atoms with Gasteiger partial charge in [-0.2, -0.15) is 4.31 Å². The lowest BCUT2D eigenvalue weighted by atomic mass is 10.2. The van der Waals surface area contributed by atoms with Crippen LogP contribution >= 0.6 is 15.9 Å². The van der Waals surface area contributed by atoms with Crippen molar-refractivity contribution in [3.63, 3.8) is 0 Å². The molecule has 0 spiro atoms. The Morgan fingerprint density at radius 1 is 1.18 bits per heavy atom. The van der Waals surface area contributed by atoms with Gasteiger partial charge in [-0.3, -0.25) is 0 Å². The van der Waals surface area contributed by atoms with Gasteiger partial charge in [-0.1, -0.05) is 28.1 Å². The van der Waals surface area contributed by atoms with E-state index in [4.69, 9.17) is 0 Å². The lowest BCUT2D eigenvalue weighted by Gasteiger charge is -2.32. The van der Waals surface area contributed by atoms with Crippen LogP contribution in [0.25, 0.3) is 6.08 Å². The molecule has 0 bridgehead atoms. The molecule has 1 heterocycles. The number of carbonyl (C=O) groups excluding carboxylic acids is 1. The number of nitrogens with one attached hydrogen (secondary N) is 1. The van der Waals surface area contributed by atoms with Gasteiger partial charge in [0.2, 0.25) is 10.0 Å². The Hall–Kier alpha value is -1.38. The van der Waals surface area contributed by atoms with Crippen molar-refractivity contribution in [1.29, 1.82) is 0 Å². The molecule has 1 aromatic carbocycles. The number of benzene rings is 1. The number of hydrogen-bond donors (Lipinski definition) is 1. The summed E-state index contributed by atoms with van der Waals surface area (Å²) in [5.74, 6) is 0. The van der Waals surface area contributed by atoms with Crippen LogP contribution in [0.3, 0.4) is 0 Å². The number of urea groups is 1. The smallest absolute Gasteiger partial charge is 0.321 e. The zero-order chi connectivity index (χ0) is 16.2. The number of amides is 2. The van der Waals surface area contributed by atoms with Crippen molar-refractivity contribution in [2.45, 2.75) is 0 Å². The van der Waals surface area contributed by atoms with Crippen LogP contribution in [0, 0.1) is 0 Å². The van der Waals surface area contributed by atoms with Gasteiger partial charge in [0.1, 0.15) is 0 Å². The minimum absolute atomic E-state index is 0.221. The minimum Gasteiger partial charge on any atom is -0.322 e. The van der Waals surface area contributed by atoms with Crippen molar-refractivity contribution in [1.82, 2.24) is 14.5 Å². The number of halogens is 1. The molecule has 1 aliphatic heterocycles. The van der Waals surface area contributed by atoms with E-state index in [2.05, 4.69) is 21.2 Å². The lowest BCUT2D eigenvalue weighted by molar-refractivity contribution is 0.176. The van der Waals surface area contributed by atoms with E-state index in [1.54, 1.807) is 17.2 Å². The first kappa shape index (κ1) is 17.0. The van der Waals surface area contributed by atoms with Crippen molar-refractivity contribution in [2.24, 2.45) is 0 Å². The zero-order valence-electron chi connectivity index (χ0n) is 12.2. The molecule has 6 nitrogen and oxygen atoms in total. The van der Waals surface area contributed by atoms with Gasteiger partial charge in [0.25, 0.3) is 0 Å². The van der Waals surface area contributed by atoms with Crippen LogP contribution in [-0.4, -0.2) is 56.1 Å². The molecular formula is C14H18BrN3O3S. The summed E-state index contributed by atoms with van der Waals surface area (Å²) in [6, 6.07) is 7.48. The maximum Gasteiger partial charge on any atom is 0.321 e. The first-order valence-electron chi connectivity index (χ1n) is 6.79. The summed E-state index contributed by atoms with van der Waals surface area (Å²) >= 11 is 3.36. The highest BCUT2D eigenvalue weighted by Crippen LogP contribution is 2.11. The summed E-state index contributed by atoms with van der Waals surface area (Å²) in [5.41, 5.74) is 0.977. The molecule has 0 aromatic heterocycles. The average Bonchev–Trinajstić information content (AvgIpc) is 2.48. The molecule has 0 aliphatic carbocycles. The quantitative estimate of drug-likeness (QED) is 0.857. The Bertz CT molecular complexity index is 650. The summed E-state index contributed by atoms with van der Waals surface area (Å²) in [7, 11) is -3.17. The molecule has 0 atom stereocenters. The summed E-state index contributed by atoms with van der Waals surface area (Å²) in [5, 5.41) is 2.70. The maximum absolute atomic E-state index is 12.0. The fourth-order valence-electron chi connectivity index (χ4n) is 2.10. The molecule has 1 aromatic rings. The molecule has 1 fully saturated rings. The summed E-state index contributed by atoms with van der Waals surface area (Å²) < 4.78 is 25.2. The van der Waals surface area contributed by atoms with Crippen molar-refractivity contribution in [2.75, 3.05) is 32.4 Å². The standard InChI is InChI=1S/C14H18BrN3O3S/c1-22(20,21)18-10-8-17(9-11-18)14(19)16-7-6-12-2-4-13(15)5-3-12/h2-7H,8-11H2,1H3,(H,16,19)/b7-6+. The Labute approximate surface area is 139 Å². The number of rotatable bonds is 3. The molecule has 0 unspecified atom stereocenters. The summed E-state index contributed by atoms with van der Waals surface area (Å²) in [6.07, 6.45) is 4.58. The highest BCUT2D eigenvalue weighted by Gasteiger charge is 2.25. The van der Waals surface area contributed by atoms with Crippen molar-refractivity contribution in [3.05, 3.63) is 40.5 Å². The second kappa shape index (κ2) is 7.26. The normalized spacial score (nSPS) is 16.9. The second-order valence-electron chi connectivity index (χ2n) is 4.98. The Balaban J connectivity index is 1.82. The third-order valence-electron chi connectivity index (χ3n) is 3.35. The van der Waals surface area contributed by atoms with E-state index >= 15 is 0 Å². The molecule has 120 valence electrons. The van der Waals surface area contributed by atoms with Gasteiger partial charge in [-0.05, 0) is 23.8 Å². The van der Waals surface area contributed by atoms with E-state index < -0.39 is 10.0 Å². The largest absolute Gasteiger partial charge is 0.322 e. The number of piperazine rings is 1. The Morgan fingerprint density at radius 2 is 1.77 bits per heavy atom. The number of sulfonamides is 1. The van der Waals surface area contributed by atoms with E-state index in [0.29, 0.717) is 26.2 Å². The van der Waals surface area contributed by atoms with Crippen molar-refractivity contribution in [3.8, 4) is 0 Å². The van der Waals surface area contributed by atoms with Crippen molar-refractivity contribution < 1.29 is 13.2 Å². The molecule has 0 radical (unpaired) electrons. The van der Waals surface area contributed by atoms with E-state index in [1.807, 2.05) is 24.3 Å². The monoisotopic (exact) mass is 387 g/mol. The number of nitrogens with zero attached hydrogens (tertiary/aromatic N) is 2. The van der Waals surface area contributed by atoms with Crippen molar-refractivity contribution >= 4 is 38.1 Å². The highest BCUT2D eigenvalue weighted by molar-refractivity contribution is 9.10. The van der Waals surface area contributed by atoms with Crippen LogP contribution in [0.15, 0.2) is 34.9 Å². The fourth-order valence-corrected chi connectivity index (χ4v) is 3.19. The topological polar surface area (TPSA) is 69.7 Å². The average molecular weight is 388 g/mol. The fraction of sp³-hybridized carbons (Fsp3) is 0.357. The van der Waals surface area contributed by atoms with E-state index in [9.17, 15) is 13.2 Å². The zero-order valence-corrected chi connectivity index (χ0v) is 14.6. The molecule has 8 heteroatoms. The summed E-state index contributed by atoms with van der Waals surface area (Å²) in [6.45, 7) is 1.46. The van der Waals surface area contributed by atoms with Gasteiger partial charge < -0.3 is 10.2 Å². The molecule has 1 N–H and O–H groups in total. The summed E-state index contributed by atoms with van der Waals surface area (Å²) in [4.78, 5) is 13.6. The third-order valence-corrected chi connectivity index (χ3v) is 5.18. The van der Waals surface area contributed by atoms with E-state index in [1.165, 1.54) is 10.6 Å². The van der Waals surface area contributed by atoms with Gasteiger partial charge in [0, 0.05) is 36.9 Å². The molecular weight excluding hydrogens is 370 g/mol. The van der Waals surface area contributed by atoms with Gasteiger partial charge in [-0.15, -0.1) is 0 Å². The van der Waals surface area contributed by atoms with Gasteiger partial charge in [0.15, 0.2) is 0 Å². The molecule has 22 heavy (non-hydrogen) atoms. The molecule has 1 saturated heterocycles. The predicted octanol–water partition coefficient (Wildman–Crippen LogP) is 1.71. The van der Waals surface area contributed by atoms with Crippen LogP contribution < -0.4 is 5.32 Å². The lowest BCUT2D eigenvalue weighted by Crippen LogP contribution is -2.52. The molecule has 1 aliphatic rings.